The molecule has 9 heteroatoms. The van der Waals surface area contributed by atoms with Crippen molar-refractivity contribution in [2.24, 2.45) is 5.73 Å². The Labute approximate surface area is 158 Å². The van der Waals surface area contributed by atoms with Gasteiger partial charge in [-0.1, -0.05) is 19.0 Å². The largest absolute Gasteiger partial charge is 0.352 e. The van der Waals surface area contributed by atoms with Gasteiger partial charge in [-0.2, -0.15) is 4.98 Å². The van der Waals surface area contributed by atoms with Gasteiger partial charge < -0.3 is 20.9 Å². The summed E-state index contributed by atoms with van der Waals surface area (Å²) in [6.07, 6.45) is 0.469. The molecule has 0 saturated heterocycles. The third-order valence-corrected chi connectivity index (χ3v) is 3.42. The average molecular weight is 382 g/mol. The molecule has 26 heavy (non-hydrogen) atoms. The average Bonchev–Trinajstić information content (AvgIpc) is 3.03. The van der Waals surface area contributed by atoms with E-state index in [4.69, 9.17) is 10.3 Å². The predicted molar refractivity (Wildman–Crippen MR) is 100 cm³/mol. The Kier molecular flexibility index (Phi) is 8.21. The minimum atomic E-state index is -0.255. The number of hydrogen-bond donors (Lipinski definition) is 3. The number of amides is 2. The van der Waals surface area contributed by atoms with E-state index in [2.05, 4.69) is 20.8 Å². The molecule has 0 saturated carbocycles. The number of hydrogen-bond acceptors (Lipinski definition) is 6. The van der Waals surface area contributed by atoms with Gasteiger partial charge in [0, 0.05) is 43.6 Å². The van der Waals surface area contributed by atoms with Crippen molar-refractivity contribution < 1.29 is 14.1 Å². The van der Waals surface area contributed by atoms with Crippen LogP contribution in [0.3, 0.4) is 0 Å². The maximum atomic E-state index is 12.3. The van der Waals surface area contributed by atoms with Crippen LogP contribution in [0.15, 0.2) is 22.7 Å². The standard InChI is InChI=1S/C17H23N5O3.ClH/c1-10(2)17-21-15(22-25-17)4-5-19-16(24)13-6-12(9-18)7-14(8-13)20-11(3)23;/h6-8,10H,4-5,9,18H2,1-3H3,(H,19,24)(H,20,23);1H. The van der Waals surface area contributed by atoms with Gasteiger partial charge in [-0.15, -0.1) is 12.4 Å². The summed E-state index contributed by atoms with van der Waals surface area (Å²) in [5.41, 5.74) is 7.39. The first kappa shape index (κ1) is 21.6. The van der Waals surface area contributed by atoms with E-state index >= 15 is 0 Å². The maximum Gasteiger partial charge on any atom is 0.251 e. The molecular weight excluding hydrogens is 358 g/mol. The second-order valence-electron chi connectivity index (χ2n) is 6.01. The van der Waals surface area contributed by atoms with Crippen LogP contribution in [0, 0.1) is 0 Å². The molecule has 2 rings (SSSR count). The van der Waals surface area contributed by atoms with Gasteiger partial charge in [-0.05, 0) is 23.8 Å². The van der Waals surface area contributed by atoms with E-state index < -0.39 is 0 Å². The Hall–Kier alpha value is -2.45. The highest BCUT2D eigenvalue weighted by molar-refractivity contribution is 5.97. The second kappa shape index (κ2) is 9.88. The third-order valence-electron chi connectivity index (χ3n) is 3.42. The monoisotopic (exact) mass is 381 g/mol. The summed E-state index contributed by atoms with van der Waals surface area (Å²) in [7, 11) is 0. The molecule has 0 fully saturated rings. The fraction of sp³-hybridized carbons (Fsp3) is 0.412. The van der Waals surface area contributed by atoms with Crippen LogP contribution in [0.5, 0.6) is 0 Å². The first-order valence-corrected chi connectivity index (χ1v) is 8.11. The van der Waals surface area contributed by atoms with Gasteiger partial charge in [-0.3, -0.25) is 9.59 Å². The topological polar surface area (TPSA) is 123 Å². The van der Waals surface area contributed by atoms with Crippen molar-refractivity contribution in [3.05, 3.63) is 41.0 Å². The van der Waals surface area contributed by atoms with Gasteiger partial charge in [0.05, 0.1) is 0 Å². The van der Waals surface area contributed by atoms with E-state index in [0.717, 1.165) is 5.56 Å². The molecular formula is C17H24ClN5O3. The highest BCUT2D eigenvalue weighted by Crippen LogP contribution is 2.15. The molecule has 1 aromatic heterocycles. The Bertz CT molecular complexity index is 761. The molecule has 0 radical (unpaired) electrons. The molecule has 142 valence electrons. The Morgan fingerprint density at radius 3 is 2.58 bits per heavy atom. The molecule has 2 amide bonds. The predicted octanol–water partition coefficient (Wildman–Crippen LogP) is 2.00. The van der Waals surface area contributed by atoms with E-state index in [-0.39, 0.29) is 36.7 Å². The summed E-state index contributed by atoms with van der Waals surface area (Å²) in [6, 6.07) is 5.05. The van der Waals surface area contributed by atoms with Crippen LogP contribution in [-0.4, -0.2) is 28.5 Å². The normalized spacial score (nSPS) is 10.3. The summed E-state index contributed by atoms with van der Waals surface area (Å²) < 4.78 is 5.12. The number of carbonyl (C=O) groups is 2. The Balaban J connectivity index is 0.00000338. The Morgan fingerprint density at radius 2 is 2.00 bits per heavy atom. The molecule has 0 atom stereocenters. The molecule has 0 spiro atoms. The second-order valence-corrected chi connectivity index (χ2v) is 6.01. The van der Waals surface area contributed by atoms with Crippen molar-refractivity contribution in [1.29, 1.82) is 0 Å². The molecule has 2 aromatic rings. The van der Waals surface area contributed by atoms with Crippen molar-refractivity contribution in [3.8, 4) is 0 Å². The number of nitrogens with zero attached hydrogens (tertiary/aromatic N) is 2. The minimum absolute atomic E-state index is 0. The molecule has 0 aliphatic rings. The summed E-state index contributed by atoms with van der Waals surface area (Å²) in [5, 5.41) is 9.35. The van der Waals surface area contributed by atoms with Gasteiger partial charge in [-0.25, -0.2) is 0 Å². The first-order chi connectivity index (χ1) is 11.9. The summed E-state index contributed by atoms with van der Waals surface area (Å²) >= 11 is 0. The molecule has 4 N–H and O–H groups in total. The van der Waals surface area contributed by atoms with Crippen molar-refractivity contribution in [1.82, 2.24) is 15.5 Å². The van der Waals surface area contributed by atoms with Crippen LogP contribution in [0.4, 0.5) is 5.69 Å². The number of halogens is 1. The number of rotatable bonds is 7. The van der Waals surface area contributed by atoms with Crippen LogP contribution in [0.2, 0.25) is 0 Å². The smallest absolute Gasteiger partial charge is 0.251 e. The van der Waals surface area contributed by atoms with Crippen molar-refractivity contribution in [2.75, 3.05) is 11.9 Å². The van der Waals surface area contributed by atoms with E-state index in [0.29, 0.717) is 35.9 Å². The maximum absolute atomic E-state index is 12.3. The lowest BCUT2D eigenvalue weighted by atomic mass is 10.1. The van der Waals surface area contributed by atoms with Crippen LogP contribution < -0.4 is 16.4 Å². The molecule has 0 aliphatic carbocycles. The van der Waals surface area contributed by atoms with E-state index in [1.165, 1.54) is 6.92 Å². The Morgan fingerprint density at radius 1 is 1.27 bits per heavy atom. The molecule has 8 nitrogen and oxygen atoms in total. The zero-order valence-electron chi connectivity index (χ0n) is 15.0. The molecule has 0 unspecified atom stereocenters. The van der Waals surface area contributed by atoms with Crippen molar-refractivity contribution >= 4 is 29.9 Å². The lowest BCUT2D eigenvalue weighted by Gasteiger charge is -2.09. The van der Waals surface area contributed by atoms with Gasteiger partial charge in [0.15, 0.2) is 5.82 Å². The van der Waals surface area contributed by atoms with Crippen LogP contribution in [-0.2, 0) is 17.8 Å². The number of carbonyl (C=O) groups excluding carboxylic acids is 2. The van der Waals surface area contributed by atoms with Crippen LogP contribution in [0.25, 0.3) is 0 Å². The number of nitrogens with one attached hydrogen (secondary N) is 2. The van der Waals surface area contributed by atoms with Crippen LogP contribution >= 0.6 is 12.4 Å². The molecule has 0 bridgehead atoms. The fourth-order valence-electron chi connectivity index (χ4n) is 2.21. The highest BCUT2D eigenvalue weighted by atomic mass is 35.5. The number of aromatic nitrogens is 2. The van der Waals surface area contributed by atoms with Crippen molar-refractivity contribution in [2.45, 2.75) is 39.7 Å². The molecule has 0 aliphatic heterocycles. The van der Waals surface area contributed by atoms with Gasteiger partial charge in [0.25, 0.3) is 5.91 Å². The summed E-state index contributed by atoms with van der Waals surface area (Å²) in [5.74, 6) is 0.839. The quantitative estimate of drug-likeness (QED) is 0.674. The lowest BCUT2D eigenvalue weighted by molar-refractivity contribution is -0.114. The zero-order chi connectivity index (χ0) is 18.4. The lowest BCUT2D eigenvalue weighted by Crippen LogP contribution is -2.26. The molecule has 1 heterocycles. The van der Waals surface area contributed by atoms with Crippen LogP contribution in [0.1, 0.15) is 54.3 Å². The SMILES string of the molecule is CC(=O)Nc1cc(CN)cc(C(=O)NCCc2noc(C(C)C)n2)c1.Cl. The summed E-state index contributed by atoms with van der Waals surface area (Å²) in [6.45, 7) is 5.99. The minimum Gasteiger partial charge on any atom is -0.352 e. The van der Waals surface area contributed by atoms with Gasteiger partial charge in [0.1, 0.15) is 0 Å². The first-order valence-electron chi connectivity index (χ1n) is 8.11. The molecule has 1 aromatic carbocycles. The fourth-order valence-corrected chi connectivity index (χ4v) is 2.21. The third kappa shape index (κ3) is 6.12. The van der Waals surface area contributed by atoms with Crippen molar-refractivity contribution in [3.63, 3.8) is 0 Å². The number of benzene rings is 1. The van der Waals surface area contributed by atoms with Gasteiger partial charge >= 0.3 is 0 Å². The van der Waals surface area contributed by atoms with Gasteiger partial charge in [0.2, 0.25) is 11.8 Å². The van der Waals surface area contributed by atoms with E-state index in [1.54, 1.807) is 18.2 Å². The number of nitrogens with two attached hydrogens (primary N) is 1. The highest BCUT2D eigenvalue weighted by Gasteiger charge is 2.12. The van der Waals surface area contributed by atoms with E-state index in [9.17, 15) is 9.59 Å². The summed E-state index contributed by atoms with van der Waals surface area (Å²) in [4.78, 5) is 27.8. The number of anilines is 1. The van der Waals surface area contributed by atoms with E-state index in [1.807, 2.05) is 13.8 Å². The zero-order valence-corrected chi connectivity index (χ0v) is 15.9.